The molecule has 0 N–H and O–H groups in total. The summed E-state index contributed by atoms with van der Waals surface area (Å²) in [4.78, 5) is 18.0. The number of benzene rings is 1. The van der Waals surface area contributed by atoms with Gasteiger partial charge in [0.15, 0.2) is 5.13 Å². The third-order valence-electron chi connectivity index (χ3n) is 4.03. The fourth-order valence-electron chi connectivity index (χ4n) is 2.79. The molecule has 5 nitrogen and oxygen atoms in total. The van der Waals surface area contributed by atoms with E-state index in [1.165, 1.54) is 10.3 Å². The van der Waals surface area contributed by atoms with Gasteiger partial charge in [-0.1, -0.05) is 23.5 Å². The number of anilines is 2. The van der Waals surface area contributed by atoms with Crippen LogP contribution in [0.2, 0.25) is 0 Å². The highest BCUT2D eigenvalue weighted by Crippen LogP contribution is 2.31. The molecular weight excluding hydrogens is 294 g/mol. The molecule has 1 fully saturated rings. The van der Waals surface area contributed by atoms with Crippen LogP contribution in [0.25, 0.3) is 10.2 Å². The first-order valence-electron chi connectivity index (χ1n) is 7.43. The maximum absolute atomic E-state index is 4.83. The number of hydrogen-bond acceptors (Lipinski definition) is 6. The fourth-order valence-corrected chi connectivity index (χ4v) is 3.89. The molecule has 1 saturated heterocycles. The lowest BCUT2D eigenvalue weighted by Crippen LogP contribution is -2.46. The Morgan fingerprint density at radius 1 is 1.05 bits per heavy atom. The first kappa shape index (κ1) is 13.5. The van der Waals surface area contributed by atoms with E-state index in [4.69, 9.17) is 4.98 Å². The predicted octanol–water partition coefficient (Wildman–Crippen LogP) is 2.72. The molecule has 0 aliphatic carbocycles. The lowest BCUT2D eigenvalue weighted by Gasteiger charge is -2.34. The summed E-state index contributed by atoms with van der Waals surface area (Å²) < 4.78 is 1.27. The van der Waals surface area contributed by atoms with Crippen molar-refractivity contribution in [1.82, 2.24) is 15.0 Å². The minimum atomic E-state index is 0.952. The maximum Gasteiger partial charge on any atom is 0.186 e. The number of piperazine rings is 1. The summed E-state index contributed by atoms with van der Waals surface area (Å²) in [5.74, 6) is 0.960. The molecule has 112 valence electrons. The average molecular weight is 311 g/mol. The van der Waals surface area contributed by atoms with Crippen molar-refractivity contribution >= 4 is 32.5 Å². The summed E-state index contributed by atoms with van der Waals surface area (Å²) in [5, 5.41) is 1.13. The van der Waals surface area contributed by atoms with Crippen LogP contribution in [0.15, 0.2) is 36.8 Å². The second-order valence-corrected chi connectivity index (χ2v) is 6.46. The van der Waals surface area contributed by atoms with Gasteiger partial charge in [0, 0.05) is 38.6 Å². The lowest BCUT2D eigenvalue weighted by molar-refractivity contribution is 0.645. The van der Waals surface area contributed by atoms with E-state index in [-0.39, 0.29) is 0 Å². The van der Waals surface area contributed by atoms with Crippen molar-refractivity contribution < 1.29 is 0 Å². The normalized spacial score (nSPS) is 15.5. The Bertz CT molecular complexity index is 778. The van der Waals surface area contributed by atoms with Crippen molar-refractivity contribution in [2.24, 2.45) is 0 Å². The van der Waals surface area contributed by atoms with Gasteiger partial charge in [0.1, 0.15) is 5.82 Å². The van der Waals surface area contributed by atoms with Gasteiger partial charge < -0.3 is 9.80 Å². The van der Waals surface area contributed by atoms with Gasteiger partial charge in [-0.3, -0.25) is 4.98 Å². The van der Waals surface area contributed by atoms with Gasteiger partial charge in [0.2, 0.25) is 0 Å². The summed E-state index contributed by atoms with van der Waals surface area (Å²) in [7, 11) is 0. The lowest BCUT2D eigenvalue weighted by atomic mass is 10.2. The molecular formula is C16H17N5S. The van der Waals surface area contributed by atoms with E-state index in [1.54, 1.807) is 23.7 Å². The van der Waals surface area contributed by atoms with E-state index >= 15 is 0 Å². The standard InChI is InChI=1S/C16H17N5S/c1-12-3-2-4-13-15(12)19-16(22-13)21-9-7-20(8-10-21)14-11-17-5-6-18-14/h2-6,11H,7-10H2,1H3. The summed E-state index contributed by atoms with van der Waals surface area (Å²) in [6.07, 6.45) is 5.29. The quantitative estimate of drug-likeness (QED) is 0.728. The van der Waals surface area contributed by atoms with Crippen LogP contribution in [-0.2, 0) is 0 Å². The molecule has 1 aliphatic heterocycles. The number of para-hydroxylation sites is 1. The molecule has 22 heavy (non-hydrogen) atoms. The first-order valence-corrected chi connectivity index (χ1v) is 8.25. The van der Waals surface area contributed by atoms with E-state index in [0.29, 0.717) is 0 Å². The minimum absolute atomic E-state index is 0.952. The van der Waals surface area contributed by atoms with Crippen molar-refractivity contribution in [2.75, 3.05) is 36.0 Å². The van der Waals surface area contributed by atoms with Crippen LogP contribution < -0.4 is 9.80 Å². The molecule has 2 aromatic heterocycles. The summed E-state index contributed by atoms with van der Waals surface area (Å²) >= 11 is 1.78. The van der Waals surface area contributed by atoms with Crippen LogP contribution in [0.5, 0.6) is 0 Å². The smallest absolute Gasteiger partial charge is 0.186 e. The highest BCUT2D eigenvalue weighted by atomic mass is 32.1. The van der Waals surface area contributed by atoms with Crippen LogP contribution in [0.4, 0.5) is 10.9 Å². The molecule has 1 aliphatic rings. The zero-order chi connectivity index (χ0) is 14.9. The Morgan fingerprint density at radius 3 is 2.59 bits per heavy atom. The van der Waals surface area contributed by atoms with Crippen LogP contribution >= 0.6 is 11.3 Å². The monoisotopic (exact) mass is 311 g/mol. The topological polar surface area (TPSA) is 45.2 Å². The highest BCUT2D eigenvalue weighted by molar-refractivity contribution is 7.22. The Hall–Kier alpha value is -2.21. The molecule has 0 spiro atoms. The van der Waals surface area contributed by atoms with Crippen LogP contribution in [0, 0.1) is 6.92 Å². The summed E-state index contributed by atoms with van der Waals surface area (Å²) in [6, 6.07) is 6.38. The predicted molar refractivity (Wildman–Crippen MR) is 90.8 cm³/mol. The summed E-state index contributed by atoms with van der Waals surface area (Å²) in [5.41, 5.74) is 2.39. The third-order valence-corrected chi connectivity index (χ3v) is 5.11. The number of nitrogens with zero attached hydrogens (tertiary/aromatic N) is 5. The van der Waals surface area contributed by atoms with E-state index in [9.17, 15) is 0 Å². The van der Waals surface area contributed by atoms with Crippen molar-refractivity contribution in [3.8, 4) is 0 Å². The number of thiazole rings is 1. The maximum atomic E-state index is 4.83. The zero-order valence-corrected chi connectivity index (χ0v) is 13.3. The summed E-state index contributed by atoms with van der Waals surface area (Å²) in [6.45, 7) is 5.96. The van der Waals surface area contributed by atoms with Gasteiger partial charge >= 0.3 is 0 Å². The van der Waals surface area contributed by atoms with Crippen LogP contribution in [-0.4, -0.2) is 41.1 Å². The van der Waals surface area contributed by atoms with Gasteiger partial charge in [-0.2, -0.15) is 0 Å². The van der Waals surface area contributed by atoms with E-state index in [1.807, 2.05) is 6.20 Å². The molecule has 0 radical (unpaired) electrons. The number of aryl methyl sites for hydroxylation is 1. The van der Waals surface area contributed by atoms with Crippen molar-refractivity contribution in [2.45, 2.75) is 6.92 Å². The molecule has 3 aromatic rings. The fraction of sp³-hybridized carbons (Fsp3) is 0.312. The number of aromatic nitrogens is 3. The Morgan fingerprint density at radius 2 is 1.86 bits per heavy atom. The molecule has 0 atom stereocenters. The van der Waals surface area contributed by atoms with Gasteiger partial charge in [0.25, 0.3) is 0 Å². The molecule has 4 rings (SSSR count). The number of rotatable bonds is 2. The molecule has 3 heterocycles. The average Bonchev–Trinajstić information content (AvgIpc) is 3.02. The largest absolute Gasteiger partial charge is 0.352 e. The molecule has 1 aromatic carbocycles. The zero-order valence-electron chi connectivity index (χ0n) is 12.4. The van der Waals surface area contributed by atoms with Gasteiger partial charge in [-0.25, -0.2) is 9.97 Å². The van der Waals surface area contributed by atoms with E-state index < -0.39 is 0 Å². The minimum Gasteiger partial charge on any atom is -0.352 e. The number of hydrogen-bond donors (Lipinski definition) is 0. The van der Waals surface area contributed by atoms with Crippen molar-refractivity contribution in [3.63, 3.8) is 0 Å². The first-order chi connectivity index (χ1) is 10.8. The van der Waals surface area contributed by atoms with Crippen LogP contribution in [0.1, 0.15) is 5.56 Å². The molecule has 0 unspecified atom stereocenters. The molecule has 0 amide bonds. The van der Waals surface area contributed by atoms with E-state index in [2.05, 4.69) is 44.9 Å². The Kier molecular flexibility index (Phi) is 3.38. The SMILES string of the molecule is Cc1cccc2sc(N3CCN(c4cnccn4)CC3)nc12. The van der Waals surface area contributed by atoms with Crippen LogP contribution in [0.3, 0.4) is 0 Å². The van der Waals surface area contributed by atoms with Gasteiger partial charge in [0.05, 0.1) is 16.4 Å². The second-order valence-electron chi connectivity index (χ2n) is 5.46. The number of fused-ring (bicyclic) bond motifs is 1. The highest BCUT2D eigenvalue weighted by Gasteiger charge is 2.20. The van der Waals surface area contributed by atoms with E-state index in [0.717, 1.165) is 42.6 Å². The molecule has 0 bridgehead atoms. The second kappa shape index (κ2) is 5.53. The third kappa shape index (κ3) is 2.39. The Balaban J connectivity index is 1.52. The van der Waals surface area contributed by atoms with Crippen molar-refractivity contribution in [1.29, 1.82) is 0 Å². The van der Waals surface area contributed by atoms with Crippen molar-refractivity contribution in [3.05, 3.63) is 42.4 Å². The Labute approximate surface area is 133 Å². The molecule has 0 saturated carbocycles. The molecule has 6 heteroatoms. The van der Waals surface area contributed by atoms with Gasteiger partial charge in [-0.05, 0) is 18.6 Å². The van der Waals surface area contributed by atoms with Gasteiger partial charge in [-0.15, -0.1) is 0 Å².